The van der Waals surface area contributed by atoms with E-state index in [9.17, 15) is 18.3 Å². The van der Waals surface area contributed by atoms with Crippen LogP contribution >= 0.6 is 11.3 Å². The van der Waals surface area contributed by atoms with Gasteiger partial charge in [0.15, 0.2) is 0 Å². The molecule has 1 aliphatic rings. The number of aromatic nitrogens is 1. The monoisotopic (exact) mass is 324 g/mol. The Bertz CT molecular complexity index is 797. The highest BCUT2D eigenvalue weighted by Crippen LogP contribution is 2.39. The van der Waals surface area contributed by atoms with Crippen LogP contribution in [0.4, 0.5) is 5.00 Å². The molecule has 0 unspecified atom stereocenters. The van der Waals surface area contributed by atoms with Crippen LogP contribution in [0.25, 0.3) is 0 Å². The van der Waals surface area contributed by atoms with Crippen molar-refractivity contribution in [1.82, 2.24) is 4.98 Å². The second kappa shape index (κ2) is 5.12. The smallest absolute Gasteiger partial charge is 0.339 e. The summed E-state index contributed by atoms with van der Waals surface area (Å²) < 4.78 is 26.9. The Morgan fingerprint density at radius 1 is 1.38 bits per heavy atom. The van der Waals surface area contributed by atoms with Crippen LogP contribution < -0.4 is 4.72 Å². The van der Waals surface area contributed by atoms with E-state index in [-0.39, 0.29) is 15.5 Å². The summed E-state index contributed by atoms with van der Waals surface area (Å²) in [5.41, 5.74) is 0.844. The van der Waals surface area contributed by atoms with Crippen molar-refractivity contribution in [2.45, 2.75) is 24.2 Å². The fraction of sp³-hybridized carbons (Fsp3) is 0.231. The third-order valence-electron chi connectivity index (χ3n) is 3.31. The Balaban J connectivity index is 2.01. The van der Waals surface area contributed by atoms with E-state index in [0.717, 1.165) is 23.3 Å². The molecule has 2 heterocycles. The molecule has 8 heteroatoms. The molecule has 1 aliphatic carbocycles. The first kappa shape index (κ1) is 14.0. The fourth-order valence-electron chi connectivity index (χ4n) is 2.39. The van der Waals surface area contributed by atoms with Crippen molar-refractivity contribution < 1.29 is 18.3 Å². The van der Waals surface area contributed by atoms with Gasteiger partial charge in [-0.25, -0.2) is 13.2 Å². The predicted octanol–water partition coefficient (Wildman–Crippen LogP) is 2.13. The Labute approximate surface area is 125 Å². The van der Waals surface area contributed by atoms with Gasteiger partial charge in [0.05, 0.1) is 5.56 Å². The third-order valence-corrected chi connectivity index (χ3v) is 5.98. The summed E-state index contributed by atoms with van der Waals surface area (Å²) in [4.78, 5) is 16.2. The van der Waals surface area contributed by atoms with Crippen LogP contribution in [0.1, 0.15) is 27.2 Å². The molecule has 0 aromatic carbocycles. The molecule has 0 bridgehead atoms. The molecule has 0 aliphatic heterocycles. The lowest BCUT2D eigenvalue weighted by atomic mass is 10.1. The molecule has 0 saturated heterocycles. The van der Waals surface area contributed by atoms with Gasteiger partial charge in [0, 0.05) is 17.3 Å². The Morgan fingerprint density at radius 2 is 2.19 bits per heavy atom. The maximum absolute atomic E-state index is 12.3. The number of hydrogen-bond donors (Lipinski definition) is 2. The van der Waals surface area contributed by atoms with Gasteiger partial charge in [-0.3, -0.25) is 9.71 Å². The van der Waals surface area contributed by atoms with E-state index >= 15 is 0 Å². The molecular formula is C13H12N2O4S2. The van der Waals surface area contributed by atoms with Crippen molar-refractivity contribution in [3.05, 3.63) is 40.5 Å². The third kappa shape index (κ3) is 2.52. The van der Waals surface area contributed by atoms with Crippen molar-refractivity contribution in [3.63, 3.8) is 0 Å². The average Bonchev–Trinajstić information content (AvgIpc) is 2.99. The zero-order valence-electron chi connectivity index (χ0n) is 10.9. The van der Waals surface area contributed by atoms with Crippen molar-refractivity contribution in [1.29, 1.82) is 0 Å². The second-order valence-electron chi connectivity index (χ2n) is 4.66. The molecule has 0 radical (unpaired) electrons. The normalized spacial score (nSPS) is 13.9. The Morgan fingerprint density at radius 3 is 2.86 bits per heavy atom. The molecular weight excluding hydrogens is 312 g/mol. The zero-order chi connectivity index (χ0) is 15.0. The van der Waals surface area contributed by atoms with Crippen LogP contribution in [0.2, 0.25) is 0 Å². The van der Waals surface area contributed by atoms with Gasteiger partial charge in [0.1, 0.15) is 9.90 Å². The van der Waals surface area contributed by atoms with Crippen molar-refractivity contribution in [3.8, 4) is 0 Å². The number of aromatic carboxylic acids is 1. The minimum absolute atomic E-state index is 0.00917. The molecule has 2 aromatic heterocycles. The first-order valence-corrected chi connectivity index (χ1v) is 8.59. The Hall–Kier alpha value is -1.93. The van der Waals surface area contributed by atoms with E-state index in [1.165, 1.54) is 35.9 Å². The lowest BCUT2D eigenvalue weighted by molar-refractivity contribution is 0.0697. The molecule has 0 amide bonds. The maximum Gasteiger partial charge on any atom is 0.339 e. The van der Waals surface area contributed by atoms with E-state index < -0.39 is 16.0 Å². The number of sulfonamides is 1. The lowest BCUT2D eigenvalue weighted by Gasteiger charge is -2.07. The summed E-state index contributed by atoms with van der Waals surface area (Å²) in [5.74, 6) is -1.10. The number of nitrogens with zero attached hydrogens (tertiary/aromatic N) is 1. The highest BCUT2D eigenvalue weighted by molar-refractivity contribution is 7.93. The molecule has 0 atom stereocenters. The number of nitrogens with one attached hydrogen (secondary N) is 1. The van der Waals surface area contributed by atoms with Gasteiger partial charge < -0.3 is 5.11 Å². The van der Waals surface area contributed by atoms with Gasteiger partial charge in [-0.05, 0) is 37.0 Å². The minimum atomic E-state index is -3.82. The van der Waals surface area contributed by atoms with Crippen molar-refractivity contribution >= 4 is 32.3 Å². The van der Waals surface area contributed by atoms with Crippen LogP contribution in [-0.2, 0) is 22.9 Å². The van der Waals surface area contributed by atoms with Gasteiger partial charge in [-0.2, -0.15) is 0 Å². The largest absolute Gasteiger partial charge is 0.478 e. The first-order chi connectivity index (χ1) is 9.99. The standard InChI is InChI=1S/C13H12N2O4S2/c16-13(17)11-9-4-1-5-10(9)20-12(11)15-21(18,19)8-3-2-6-14-7-8/h2-3,6-7,15H,1,4-5H2,(H,16,17). The molecule has 3 rings (SSSR count). The predicted molar refractivity (Wildman–Crippen MR) is 78.3 cm³/mol. The lowest BCUT2D eigenvalue weighted by Crippen LogP contribution is -2.14. The van der Waals surface area contributed by atoms with Gasteiger partial charge >= 0.3 is 5.97 Å². The summed E-state index contributed by atoms with van der Waals surface area (Å²) in [6, 6.07) is 2.93. The Kier molecular flexibility index (Phi) is 3.42. The van der Waals surface area contributed by atoms with Crippen LogP contribution in [0.5, 0.6) is 0 Å². The summed E-state index contributed by atoms with van der Waals surface area (Å²) in [6.45, 7) is 0. The highest BCUT2D eigenvalue weighted by Gasteiger charge is 2.28. The number of aryl methyl sites for hydroxylation is 1. The SMILES string of the molecule is O=C(O)c1c(NS(=O)(=O)c2cccnc2)sc2c1CCC2. The van der Waals surface area contributed by atoms with Gasteiger partial charge in [-0.15, -0.1) is 11.3 Å². The summed E-state index contributed by atoms with van der Waals surface area (Å²) in [5, 5.41) is 9.52. The van der Waals surface area contributed by atoms with Crippen LogP contribution in [0.3, 0.4) is 0 Å². The fourth-order valence-corrected chi connectivity index (χ4v) is 4.94. The van der Waals surface area contributed by atoms with E-state index in [4.69, 9.17) is 0 Å². The van der Waals surface area contributed by atoms with E-state index in [2.05, 4.69) is 9.71 Å². The van der Waals surface area contributed by atoms with E-state index in [1.54, 1.807) is 0 Å². The zero-order valence-corrected chi connectivity index (χ0v) is 12.5. The van der Waals surface area contributed by atoms with Gasteiger partial charge in [0.25, 0.3) is 10.0 Å². The number of carbonyl (C=O) groups is 1. The molecule has 6 nitrogen and oxygen atoms in total. The molecule has 0 fully saturated rings. The quantitative estimate of drug-likeness (QED) is 0.898. The molecule has 0 spiro atoms. The average molecular weight is 324 g/mol. The van der Waals surface area contributed by atoms with Gasteiger partial charge in [0.2, 0.25) is 0 Å². The molecule has 2 aromatic rings. The van der Waals surface area contributed by atoms with Crippen molar-refractivity contribution in [2.24, 2.45) is 0 Å². The van der Waals surface area contributed by atoms with Crippen LogP contribution in [-0.4, -0.2) is 24.5 Å². The summed E-state index contributed by atoms with van der Waals surface area (Å²) in [7, 11) is -3.82. The van der Waals surface area contributed by atoms with E-state index in [0.29, 0.717) is 6.42 Å². The number of carboxylic acid groups (broad SMARTS) is 1. The highest BCUT2D eigenvalue weighted by atomic mass is 32.2. The number of fused-ring (bicyclic) bond motifs is 1. The number of pyridine rings is 1. The number of hydrogen-bond acceptors (Lipinski definition) is 5. The van der Waals surface area contributed by atoms with E-state index in [1.807, 2.05) is 0 Å². The molecule has 21 heavy (non-hydrogen) atoms. The first-order valence-electron chi connectivity index (χ1n) is 6.30. The summed E-state index contributed by atoms with van der Waals surface area (Å²) in [6.07, 6.45) is 5.10. The van der Waals surface area contributed by atoms with Crippen LogP contribution in [0, 0.1) is 0 Å². The number of carboxylic acids is 1. The summed E-state index contributed by atoms with van der Waals surface area (Å²) >= 11 is 1.21. The molecule has 2 N–H and O–H groups in total. The topological polar surface area (TPSA) is 96.4 Å². The second-order valence-corrected chi connectivity index (χ2v) is 7.45. The minimum Gasteiger partial charge on any atom is -0.478 e. The van der Waals surface area contributed by atoms with Gasteiger partial charge in [-0.1, -0.05) is 0 Å². The molecule has 110 valence electrons. The maximum atomic E-state index is 12.3. The molecule has 0 saturated carbocycles. The number of anilines is 1. The number of rotatable bonds is 4. The number of thiophene rings is 1. The van der Waals surface area contributed by atoms with Crippen LogP contribution in [0.15, 0.2) is 29.4 Å². The van der Waals surface area contributed by atoms with Crippen molar-refractivity contribution in [2.75, 3.05) is 4.72 Å².